The zero-order chi connectivity index (χ0) is 20.8. The Bertz CT molecular complexity index is 924. The van der Waals surface area contributed by atoms with Gasteiger partial charge >= 0.3 is 0 Å². The van der Waals surface area contributed by atoms with E-state index in [2.05, 4.69) is 10.2 Å². The molecule has 3 aliphatic rings. The maximum absolute atomic E-state index is 12.9. The number of anilines is 1. The van der Waals surface area contributed by atoms with Crippen molar-refractivity contribution in [1.82, 2.24) is 10.2 Å². The van der Waals surface area contributed by atoms with Crippen LogP contribution in [0.5, 0.6) is 0 Å². The van der Waals surface area contributed by atoms with Gasteiger partial charge in [-0.15, -0.1) is 0 Å². The molecule has 0 spiro atoms. The van der Waals surface area contributed by atoms with Crippen molar-refractivity contribution in [3.05, 3.63) is 29.3 Å². The Morgan fingerprint density at radius 2 is 1.86 bits per heavy atom. The van der Waals surface area contributed by atoms with Crippen molar-refractivity contribution in [3.63, 3.8) is 0 Å². The molecule has 7 nitrogen and oxygen atoms in total. The van der Waals surface area contributed by atoms with Gasteiger partial charge in [0, 0.05) is 24.7 Å². The van der Waals surface area contributed by atoms with E-state index in [0.29, 0.717) is 6.54 Å². The van der Waals surface area contributed by atoms with Crippen LogP contribution in [0.2, 0.25) is 0 Å². The molecule has 0 radical (unpaired) electrons. The molecule has 2 amide bonds. The van der Waals surface area contributed by atoms with Crippen molar-refractivity contribution in [1.29, 1.82) is 0 Å². The summed E-state index contributed by atoms with van der Waals surface area (Å²) in [6.45, 7) is 6.09. The number of rotatable bonds is 4. The van der Waals surface area contributed by atoms with Crippen molar-refractivity contribution >= 4 is 27.3 Å². The van der Waals surface area contributed by atoms with E-state index in [0.717, 1.165) is 42.7 Å². The molecule has 3 heterocycles. The minimum Gasteiger partial charge on any atom is -0.350 e. The molecule has 3 aliphatic heterocycles. The van der Waals surface area contributed by atoms with Gasteiger partial charge in [0.05, 0.1) is 23.5 Å². The normalized spacial score (nSPS) is 29.5. The first-order valence-electron chi connectivity index (χ1n) is 10.4. The van der Waals surface area contributed by atoms with Crippen LogP contribution >= 0.6 is 0 Å². The van der Waals surface area contributed by atoms with Crippen LogP contribution in [0.15, 0.2) is 18.2 Å². The molecule has 4 rings (SSSR count). The first-order chi connectivity index (χ1) is 13.7. The molecule has 0 aromatic heterocycles. The third-order valence-corrected chi connectivity index (χ3v) is 8.34. The Kier molecular flexibility index (Phi) is 5.42. The highest BCUT2D eigenvalue weighted by molar-refractivity contribution is 7.91. The first-order valence-corrected chi connectivity index (χ1v) is 12.2. The third kappa shape index (κ3) is 4.05. The molecule has 3 unspecified atom stereocenters. The summed E-state index contributed by atoms with van der Waals surface area (Å²) in [7, 11) is -3.16. The Labute approximate surface area is 172 Å². The van der Waals surface area contributed by atoms with Crippen molar-refractivity contribution in [2.24, 2.45) is 5.92 Å². The minimum atomic E-state index is -3.16. The summed E-state index contributed by atoms with van der Waals surface area (Å²) in [6.07, 6.45) is 2.30. The van der Waals surface area contributed by atoms with E-state index < -0.39 is 21.8 Å². The number of amides is 2. The van der Waals surface area contributed by atoms with E-state index in [9.17, 15) is 18.0 Å². The summed E-state index contributed by atoms with van der Waals surface area (Å²) in [5.74, 6) is -0.631. The Morgan fingerprint density at radius 1 is 1.14 bits per heavy atom. The molecule has 158 valence electrons. The van der Waals surface area contributed by atoms with Gasteiger partial charge in [-0.2, -0.15) is 0 Å². The van der Waals surface area contributed by atoms with Crippen molar-refractivity contribution in [2.75, 3.05) is 36.0 Å². The van der Waals surface area contributed by atoms with E-state index in [1.54, 1.807) is 4.90 Å². The first kappa shape index (κ1) is 20.3. The van der Waals surface area contributed by atoms with Crippen LogP contribution in [-0.4, -0.2) is 68.4 Å². The number of nitrogens with one attached hydrogen (secondary N) is 1. The van der Waals surface area contributed by atoms with E-state index in [1.807, 2.05) is 32.0 Å². The van der Waals surface area contributed by atoms with Gasteiger partial charge in [0.1, 0.15) is 0 Å². The van der Waals surface area contributed by atoms with Crippen LogP contribution in [0.25, 0.3) is 0 Å². The van der Waals surface area contributed by atoms with Crippen molar-refractivity contribution in [2.45, 2.75) is 45.2 Å². The lowest BCUT2D eigenvalue weighted by Gasteiger charge is -2.29. The number of aryl methyl sites for hydroxylation is 1. The molecule has 0 saturated carbocycles. The maximum Gasteiger partial charge on any atom is 0.227 e. The molecular formula is C21H29N3O4S. The molecule has 0 aliphatic carbocycles. The number of hydrogen-bond acceptors (Lipinski definition) is 5. The molecule has 1 aromatic rings. The fraction of sp³-hybridized carbons (Fsp3) is 0.619. The molecule has 3 saturated heterocycles. The van der Waals surface area contributed by atoms with Crippen molar-refractivity contribution in [3.8, 4) is 0 Å². The molecule has 3 atom stereocenters. The number of benzene rings is 1. The third-order valence-electron chi connectivity index (χ3n) is 6.62. The summed E-state index contributed by atoms with van der Waals surface area (Å²) >= 11 is 0. The number of sulfone groups is 1. The summed E-state index contributed by atoms with van der Waals surface area (Å²) in [6, 6.07) is 5.28. The molecule has 8 heteroatoms. The lowest BCUT2D eigenvalue weighted by Crippen LogP contribution is -2.51. The van der Waals surface area contributed by atoms with Crippen LogP contribution < -0.4 is 10.2 Å². The summed E-state index contributed by atoms with van der Waals surface area (Å²) < 4.78 is 24.5. The Balaban J connectivity index is 1.46. The second kappa shape index (κ2) is 7.72. The molecule has 1 N–H and O–H groups in total. The number of carbonyl (C=O) groups is 2. The second-order valence-electron chi connectivity index (χ2n) is 8.63. The largest absolute Gasteiger partial charge is 0.350 e. The Morgan fingerprint density at radius 3 is 2.59 bits per heavy atom. The van der Waals surface area contributed by atoms with E-state index in [4.69, 9.17) is 0 Å². The predicted octanol–water partition coefficient (Wildman–Crippen LogP) is 1.03. The van der Waals surface area contributed by atoms with Gasteiger partial charge in [-0.3, -0.25) is 14.5 Å². The van der Waals surface area contributed by atoms with Crippen LogP contribution in [0.3, 0.4) is 0 Å². The molecule has 0 bridgehead atoms. The average molecular weight is 420 g/mol. The number of hydrogen-bond donors (Lipinski definition) is 1. The van der Waals surface area contributed by atoms with Gasteiger partial charge in [0.25, 0.3) is 0 Å². The lowest BCUT2D eigenvalue weighted by molar-refractivity contribution is -0.127. The average Bonchev–Trinajstić information content (AvgIpc) is 3.36. The highest BCUT2D eigenvalue weighted by Crippen LogP contribution is 2.30. The van der Waals surface area contributed by atoms with Crippen molar-refractivity contribution < 1.29 is 18.0 Å². The standard InChI is InChI=1S/C21H29N3O4S/c1-14-6-5-7-18(15(14)2)24-11-16(10-20(24)25)21(26)22-17-12-29(27,28)13-19(17)23-8-3-4-9-23/h5-7,16-17,19H,3-4,8-13H2,1-2H3,(H,22,26). The fourth-order valence-corrected chi connectivity index (χ4v) is 6.80. The van der Waals surface area contributed by atoms with Crippen LogP contribution in [0.4, 0.5) is 5.69 Å². The monoisotopic (exact) mass is 419 g/mol. The Hall–Kier alpha value is -1.93. The highest BCUT2D eigenvalue weighted by Gasteiger charge is 2.44. The fourth-order valence-electron chi connectivity index (χ4n) is 4.84. The topological polar surface area (TPSA) is 86.8 Å². The predicted molar refractivity (Wildman–Crippen MR) is 112 cm³/mol. The quantitative estimate of drug-likeness (QED) is 0.788. The van der Waals surface area contributed by atoms with Crippen LogP contribution in [0.1, 0.15) is 30.4 Å². The van der Waals surface area contributed by atoms with Crippen LogP contribution in [0, 0.1) is 19.8 Å². The summed E-state index contributed by atoms with van der Waals surface area (Å²) in [4.78, 5) is 29.4. The summed E-state index contributed by atoms with van der Waals surface area (Å²) in [5, 5.41) is 2.98. The highest BCUT2D eigenvalue weighted by atomic mass is 32.2. The van der Waals surface area contributed by atoms with Gasteiger partial charge in [-0.1, -0.05) is 12.1 Å². The lowest BCUT2D eigenvalue weighted by atomic mass is 10.1. The zero-order valence-electron chi connectivity index (χ0n) is 17.1. The zero-order valence-corrected chi connectivity index (χ0v) is 17.9. The van der Waals surface area contributed by atoms with Gasteiger partial charge in [0.15, 0.2) is 9.84 Å². The van der Waals surface area contributed by atoms with Gasteiger partial charge < -0.3 is 10.2 Å². The molecular weight excluding hydrogens is 390 g/mol. The number of likely N-dealkylation sites (tertiary alicyclic amines) is 1. The smallest absolute Gasteiger partial charge is 0.227 e. The van der Waals surface area contributed by atoms with Gasteiger partial charge in [-0.05, 0) is 57.0 Å². The van der Waals surface area contributed by atoms with Gasteiger partial charge in [0.2, 0.25) is 11.8 Å². The molecule has 1 aromatic carbocycles. The van der Waals surface area contributed by atoms with E-state index in [1.165, 1.54) is 0 Å². The van der Waals surface area contributed by atoms with Crippen LogP contribution in [-0.2, 0) is 19.4 Å². The molecule has 3 fully saturated rings. The summed E-state index contributed by atoms with van der Waals surface area (Å²) in [5.41, 5.74) is 2.99. The maximum atomic E-state index is 12.9. The number of nitrogens with zero attached hydrogens (tertiary/aromatic N) is 2. The number of carbonyl (C=O) groups excluding carboxylic acids is 2. The molecule has 29 heavy (non-hydrogen) atoms. The SMILES string of the molecule is Cc1cccc(N2CC(C(=O)NC3CS(=O)(=O)CC3N3CCCC3)CC2=O)c1C. The van der Waals surface area contributed by atoms with E-state index >= 15 is 0 Å². The van der Waals surface area contributed by atoms with E-state index in [-0.39, 0.29) is 35.8 Å². The van der Waals surface area contributed by atoms with Gasteiger partial charge in [-0.25, -0.2) is 8.42 Å². The minimum absolute atomic E-state index is 0.0126. The second-order valence-corrected chi connectivity index (χ2v) is 10.8.